The molecule has 0 radical (unpaired) electrons. The van der Waals surface area contributed by atoms with Crippen LogP contribution in [-0.4, -0.2) is 22.7 Å². The molecule has 2 N–H and O–H groups in total. The van der Waals surface area contributed by atoms with Gasteiger partial charge in [0.1, 0.15) is 5.75 Å². The zero-order valence-electron chi connectivity index (χ0n) is 11.4. The lowest BCUT2D eigenvalue weighted by atomic mass is 10.2. The van der Waals surface area contributed by atoms with Crippen LogP contribution in [-0.2, 0) is 4.79 Å². The highest BCUT2D eigenvalue weighted by molar-refractivity contribution is 8.18. The number of rotatable bonds is 5. The lowest BCUT2D eigenvalue weighted by Gasteiger charge is -1.96. The Morgan fingerprint density at radius 3 is 2.75 bits per heavy atom. The summed E-state index contributed by atoms with van der Waals surface area (Å²) in [5.41, 5.74) is 0.882. The molecule has 0 unspecified atom stereocenters. The normalized spacial score (nSPS) is 18.8. The summed E-state index contributed by atoms with van der Waals surface area (Å²) >= 11 is 1.36. The van der Waals surface area contributed by atoms with E-state index in [-0.39, 0.29) is 11.7 Å². The van der Waals surface area contributed by atoms with E-state index in [0.29, 0.717) is 10.1 Å². The number of thioether (sulfide) groups is 1. The summed E-state index contributed by atoms with van der Waals surface area (Å²) in [6.45, 7) is 2.90. The topological polar surface area (TPSA) is 61.7 Å². The summed E-state index contributed by atoms with van der Waals surface area (Å²) in [5, 5.41) is 12.7. The Morgan fingerprint density at radius 1 is 1.30 bits per heavy atom. The van der Waals surface area contributed by atoms with Crippen molar-refractivity contribution in [1.29, 1.82) is 0 Å². The molecule has 5 heteroatoms. The van der Waals surface area contributed by atoms with Crippen LogP contribution in [0.3, 0.4) is 0 Å². The van der Waals surface area contributed by atoms with Crippen molar-refractivity contribution < 1.29 is 9.90 Å². The number of phenolic OH excluding ortho intramolecular Hbond substituents is 1. The Labute approximate surface area is 123 Å². The van der Waals surface area contributed by atoms with Crippen LogP contribution in [0.1, 0.15) is 31.7 Å². The number of amides is 1. The first kappa shape index (κ1) is 14.7. The van der Waals surface area contributed by atoms with E-state index in [4.69, 9.17) is 0 Å². The number of aromatic hydroxyl groups is 1. The highest BCUT2D eigenvalue weighted by atomic mass is 32.2. The van der Waals surface area contributed by atoms with Gasteiger partial charge in [0.2, 0.25) is 0 Å². The number of hydrogen-bond donors (Lipinski definition) is 2. The van der Waals surface area contributed by atoms with Crippen LogP contribution in [0.5, 0.6) is 5.75 Å². The summed E-state index contributed by atoms with van der Waals surface area (Å²) < 4.78 is 0. The van der Waals surface area contributed by atoms with Gasteiger partial charge in [0.05, 0.1) is 4.91 Å². The van der Waals surface area contributed by atoms with Crippen LogP contribution < -0.4 is 5.32 Å². The number of amidine groups is 1. The zero-order chi connectivity index (χ0) is 14.4. The molecule has 0 aliphatic carbocycles. The molecule has 0 spiro atoms. The minimum absolute atomic E-state index is 0.114. The van der Waals surface area contributed by atoms with Gasteiger partial charge in [-0.15, -0.1) is 0 Å². The zero-order valence-corrected chi connectivity index (χ0v) is 12.2. The SMILES string of the molecule is CCCCCN=C1NC(=O)/C(=C/c2ccc(O)cc2)S1. The number of nitrogens with zero attached hydrogens (tertiary/aromatic N) is 1. The van der Waals surface area contributed by atoms with E-state index in [9.17, 15) is 9.90 Å². The standard InChI is InChI=1S/C15H18N2O2S/c1-2-3-4-9-16-15-17-14(19)13(20-15)10-11-5-7-12(18)8-6-11/h5-8,10,18H,2-4,9H2,1H3,(H,16,17,19)/b13-10-. The van der Waals surface area contributed by atoms with Crippen molar-refractivity contribution in [3.8, 4) is 5.75 Å². The monoisotopic (exact) mass is 290 g/mol. The quantitative estimate of drug-likeness (QED) is 0.647. The van der Waals surface area contributed by atoms with Gasteiger partial charge in [0.25, 0.3) is 5.91 Å². The van der Waals surface area contributed by atoms with E-state index < -0.39 is 0 Å². The molecule has 0 aromatic heterocycles. The van der Waals surface area contributed by atoms with Gasteiger partial charge in [0, 0.05) is 6.54 Å². The van der Waals surface area contributed by atoms with Crippen molar-refractivity contribution in [3.05, 3.63) is 34.7 Å². The number of phenols is 1. The Morgan fingerprint density at radius 2 is 2.05 bits per heavy atom. The highest BCUT2D eigenvalue weighted by Gasteiger charge is 2.23. The Balaban J connectivity index is 2.00. The van der Waals surface area contributed by atoms with Crippen molar-refractivity contribution in [3.63, 3.8) is 0 Å². The molecule has 1 aromatic carbocycles. The molecule has 1 fully saturated rings. The number of carbonyl (C=O) groups is 1. The largest absolute Gasteiger partial charge is 0.508 e. The van der Waals surface area contributed by atoms with Gasteiger partial charge in [0.15, 0.2) is 5.17 Å². The minimum atomic E-state index is -0.114. The number of carbonyl (C=O) groups excluding carboxylic acids is 1. The molecule has 1 heterocycles. The highest BCUT2D eigenvalue weighted by Crippen LogP contribution is 2.26. The van der Waals surface area contributed by atoms with E-state index in [1.807, 2.05) is 0 Å². The Bertz CT molecular complexity index is 535. The van der Waals surface area contributed by atoms with E-state index in [0.717, 1.165) is 31.4 Å². The van der Waals surface area contributed by atoms with Crippen LogP contribution >= 0.6 is 11.8 Å². The summed E-state index contributed by atoms with van der Waals surface area (Å²) in [6, 6.07) is 6.74. The Hall–Kier alpha value is -1.75. The van der Waals surface area contributed by atoms with Crippen LogP contribution in [0.25, 0.3) is 6.08 Å². The number of aliphatic imine (C=N–C) groups is 1. The van der Waals surface area contributed by atoms with Crippen molar-refractivity contribution in [2.75, 3.05) is 6.54 Å². The summed E-state index contributed by atoms with van der Waals surface area (Å²) in [4.78, 5) is 16.8. The van der Waals surface area contributed by atoms with Gasteiger partial charge in [-0.1, -0.05) is 31.9 Å². The number of nitrogens with one attached hydrogen (secondary N) is 1. The molecule has 2 rings (SSSR count). The molecule has 1 saturated heterocycles. The predicted octanol–water partition coefficient (Wildman–Crippen LogP) is 3.14. The molecule has 1 aliphatic rings. The number of benzene rings is 1. The van der Waals surface area contributed by atoms with Crippen molar-refractivity contribution in [2.45, 2.75) is 26.2 Å². The van der Waals surface area contributed by atoms with Gasteiger partial charge >= 0.3 is 0 Å². The van der Waals surface area contributed by atoms with E-state index in [1.54, 1.807) is 30.3 Å². The van der Waals surface area contributed by atoms with Crippen molar-refractivity contribution >= 4 is 28.9 Å². The smallest absolute Gasteiger partial charge is 0.264 e. The first-order valence-electron chi connectivity index (χ1n) is 6.73. The minimum Gasteiger partial charge on any atom is -0.508 e. The van der Waals surface area contributed by atoms with Crippen LogP contribution in [0.15, 0.2) is 34.2 Å². The maximum absolute atomic E-state index is 11.8. The number of hydrogen-bond acceptors (Lipinski definition) is 4. The summed E-state index contributed by atoms with van der Waals surface area (Å²) in [6.07, 6.45) is 5.17. The third-order valence-electron chi connectivity index (χ3n) is 2.86. The second kappa shape index (κ2) is 7.14. The summed E-state index contributed by atoms with van der Waals surface area (Å²) in [7, 11) is 0. The molecule has 0 bridgehead atoms. The molecule has 1 aliphatic heterocycles. The molecule has 1 aromatic rings. The van der Waals surface area contributed by atoms with Crippen molar-refractivity contribution in [1.82, 2.24) is 5.32 Å². The average molecular weight is 290 g/mol. The first-order valence-corrected chi connectivity index (χ1v) is 7.55. The van der Waals surface area contributed by atoms with Gasteiger partial charge in [-0.2, -0.15) is 0 Å². The molecular weight excluding hydrogens is 272 g/mol. The average Bonchev–Trinajstić information content (AvgIpc) is 2.78. The van der Waals surface area contributed by atoms with Gasteiger partial charge < -0.3 is 10.4 Å². The fraction of sp³-hybridized carbons (Fsp3) is 0.333. The third kappa shape index (κ3) is 4.13. The molecule has 4 nitrogen and oxygen atoms in total. The number of unbranched alkanes of at least 4 members (excludes halogenated alkanes) is 2. The predicted molar refractivity (Wildman–Crippen MR) is 83.6 cm³/mol. The molecule has 106 valence electrons. The fourth-order valence-corrected chi connectivity index (χ4v) is 2.61. The van der Waals surface area contributed by atoms with Crippen LogP contribution in [0.4, 0.5) is 0 Å². The second-order valence-electron chi connectivity index (χ2n) is 4.55. The van der Waals surface area contributed by atoms with E-state index >= 15 is 0 Å². The van der Waals surface area contributed by atoms with Gasteiger partial charge in [-0.05, 0) is 42.0 Å². The molecule has 1 amide bonds. The van der Waals surface area contributed by atoms with E-state index in [1.165, 1.54) is 11.8 Å². The Kier molecular flexibility index (Phi) is 5.24. The molecular formula is C15H18N2O2S. The lowest BCUT2D eigenvalue weighted by Crippen LogP contribution is -2.19. The lowest BCUT2D eigenvalue weighted by molar-refractivity contribution is -0.115. The molecule has 0 atom stereocenters. The first-order chi connectivity index (χ1) is 9.69. The maximum Gasteiger partial charge on any atom is 0.264 e. The third-order valence-corrected chi connectivity index (χ3v) is 3.81. The second-order valence-corrected chi connectivity index (χ2v) is 5.58. The molecule has 0 saturated carbocycles. The fourth-order valence-electron chi connectivity index (χ4n) is 1.77. The van der Waals surface area contributed by atoms with Crippen LogP contribution in [0, 0.1) is 0 Å². The van der Waals surface area contributed by atoms with Crippen LogP contribution in [0.2, 0.25) is 0 Å². The van der Waals surface area contributed by atoms with Gasteiger partial charge in [-0.3, -0.25) is 9.79 Å². The van der Waals surface area contributed by atoms with Crippen molar-refractivity contribution in [2.24, 2.45) is 4.99 Å². The summed E-state index contributed by atoms with van der Waals surface area (Å²) in [5.74, 6) is 0.103. The van der Waals surface area contributed by atoms with Gasteiger partial charge in [-0.25, -0.2) is 0 Å². The van der Waals surface area contributed by atoms with E-state index in [2.05, 4.69) is 17.2 Å². The maximum atomic E-state index is 11.8. The molecule has 20 heavy (non-hydrogen) atoms.